The number of carbonyl (C=O) groups is 2. The van der Waals surface area contributed by atoms with Gasteiger partial charge in [0.15, 0.2) is 0 Å². The van der Waals surface area contributed by atoms with E-state index in [1.807, 2.05) is 0 Å². The number of aliphatic hydroxyl groups excluding tert-OH is 1. The maximum absolute atomic E-state index is 12.9. The van der Waals surface area contributed by atoms with Crippen LogP contribution in [0.3, 0.4) is 0 Å². The Balaban J connectivity index is 2.09. The van der Waals surface area contributed by atoms with Crippen molar-refractivity contribution >= 4 is 27.5 Å². The maximum atomic E-state index is 12.9. The van der Waals surface area contributed by atoms with E-state index in [1.165, 1.54) is 52.7 Å². The van der Waals surface area contributed by atoms with E-state index in [-0.39, 0.29) is 34.9 Å². The molecule has 2 aromatic rings. The quantitative estimate of drug-likeness (QED) is 0.316. The average Bonchev–Trinajstić information content (AvgIpc) is 3.08. The number of ether oxygens (including phenoxy) is 1. The molecule has 0 spiro atoms. The topological polar surface area (TPSA) is 124 Å². The molecule has 1 aliphatic heterocycles. The highest BCUT2D eigenvalue weighted by atomic mass is 32.2. The summed E-state index contributed by atoms with van der Waals surface area (Å²) >= 11 is 0. The number of hydrogen-bond donors (Lipinski definition) is 2. The van der Waals surface area contributed by atoms with E-state index in [9.17, 15) is 28.2 Å². The van der Waals surface area contributed by atoms with Crippen LogP contribution in [0.15, 0.2) is 59.0 Å². The van der Waals surface area contributed by atoms with Gasteiger partial charge in [0.1, 0.15) is 11.5 Å². The Labute approximate surface area is 198 Å². The summed E-state index contributed by atoms with van der Waals surface area (Å²) in [6, 6.07) is 10.6. The predicted molar refractivity (Wildman–Crippen MR) is 126 cm³/mol. The minimum absolute atomic E-state index is 0.0163. The summed E-state index contributed by atoms with van der Waals surface area (Å²) in [5.41, 5.74) is 0.605. The smallest absolute Gasteiger partial charge is 0.295 e. The third kappa shape index (κ3) is 4.70. The van der Waals surface area contributed by atoms with Gasteiger partial charge in [0, 0.05) is 32.3 Å². The van der Waals surface area contributed by atoms with Crippen molar-refractivity contribution in [3.8, 4) is 5.75 Å². The van der Waals surface area contributed by atoms with Crippen LogP contribution in [0.2, 0.25) is 0 Å². The van der Waals surface area contributed by atoms with Gasteiger partial charge in [-0.25, -0.2) is 8.42 Å². The summed E-state index contributed by atoms with van der Waals surface area (Å²) in [5, 5.41) is 20.7. The van der Waals surface area contributed by atoms with Crippen molar-refractivity contribution in [2.24, 2.45) is 0 Å². The summed E-state index contributed by atoms with van der Waals surface area (Å²) in [6.07, 6.45) is 0. The Morgan fingerprint density at radius 3 is 2.15 bits per heavy atom. The number of hydrogen-bond acceptors (Lipinski definition) is 7. The molecule has 0 aliphatic carbocycles. The Hall–Kier alpha value is -3.21. The van der Waals surface area contributed by atoms with Crippen molar-refractivity contribution in [2.75, 3.05) is 33.4 Å². The molecule has 0 bridgehead atoms. The molecule has 0 unspecified atom stereocenters. The zero-order chi connectivity index (χ0) is 25.0. The zero-order valence-corrected chi connectivity index (χ0v) is 20.1. The normalized spacial score (nSPS) is 18.1. The van der Waals surface area contributed by atoms with Gasteiger partial charge in [-0.05, 0) is 42.0 Å². The lowest BCUT2D eigenvalue weighted by Gasteiger charge is -2.25. The summed E-state index contributed by atoms with van der Waals surface area (Å²) in [4.78, 5) is 27.1. The van der Waals surface area contributed by atoms with Gasteiger partial charge in [0.2, 0.25) is 10.0 Å². The molecular formula is C24H28N2O7S. The number of phenolic OH excluding ortho intramolecular Hbond substituents is 1. The van der Waals surface area contributed by atoms with E-state index in [0.717, 1.165) is 0 Å². The highest BCUT2D eigenvalue weighted by Crippen LogP contribution is 2.39. The van der Waals surface area contributed by atoms with Gasteiger partial charge < -0.3 is 19.8 Å². The van der Waals surface area contributed by atoms with Crippen molar-refractivity contribution in [3.63, 3.8) is 0 Å². The number of aliphatic hydroxyl groups is 1. The molecule has 10 heteroatoms. The van der Waals surface area contributed by atoms with Crippen LogP contribution in [0.25, 0.3) is 5.76 Å². The first kappa shape index (κ1) is 25.4. The monoisotopic (exact) mass is 488 g/mol. The molecule has 3 rings (SSSR count). The van der Waals surface area contributed by atoms with Gasteiger partial charge in [0.25, 0.3) is 11.7 Å². The molecule has 0 aromatic heterocycles. The molecule has 1 fully saturated rings. The van der Waals surface area contributed by atoms with Gasteiger partial charge in [-0.3, -0.25) is 9.59 Å². The summed E-state index contributed by atoms with van der Waals surface area (Å²) in [6.45, 7) is 4.42. The largest absolute Gasteiger partial charge is 0.508 e. The zero-order valence-electron chi connectivity index (χ0n) is 19.3. The minimum atomic E-state index is -3.69. The molecular weight excluding hydrogens is 460 g/mol. The molecule has 1 atom stereocenters. The second-order valence-electron chi connectivity index (χ2n) is 7.69. The van der Waals surface area contributed by atoms with Crippen molar-refractivity contribution in [1.82, 2.24) is 9.21 Å². The third-order valence-electron chi connectivity index (χ3n) is 5.76. The van der Waals surface area contributed by atoms with Gasteiger partial charge in [-0.2, -0.15) is 4.31 Å². The number of methoxy groups -OCH3 is 1. The van der Waals surface area contributed by atoms with E-state index in [1.54, 1.807) is 26.0 Å². The number of Topliss-reactive ketones (excluding diaryl/α,β-unsaturated/α-hetero) is 1. The van der Waals surface area contributed by atoms with Crippen LogP contribution < -0.4 is 0 Å². The van der Waals surface area contributed by atoms with Crippen LogP contribution >= 0.6 is 0 Å². The molecule has 1 aliphatic rings. The Morgan fingerprint density at radius 1 is 1.03 bits per heavy atom. The van der Waals surface area contributed by atoms with Crippen molar-refractivity contribution in [2.45, 2.75) is 24.8 Å². The summed E-state index contributed by atoms with van der Waals surface area (Å²) < 4.78 is 31.9. The number of phenols is 1. The summed E-state index contributed by atoms with van der Waals surface area (Å²) in [7, 11) is -2.22. The van der Waals surface area contributed by atoms with Crippen LogP contribution in [0.4, 0.5) is 0 Å². The third-order valence-corrected chi connectivity index (χ3v) is 7.82. The van der Waals surface area contributed by atoms with E-state index < -0.39 is 33.5 Å². The van der Waals surface area contributed by atoms with Crippen LogP contribution in [-0.4, -0.2) is 72.9 Å². The number of carbonyl (C=O) groups excluding carboxylic acids is 2. The van der Waals surface area contributed by atoms with E-state index in [0.29, 0.717) is 18.7 Å². The molecule has 0 radical (unpaired) electrons. The van der Waals surface area contributed by atoms with Crippen molar-refractivity contribution in [1.29, 1.82) is 0 Å². The van der Waals surface area contributed by atoms with Crippen molar-refractivity contribution < 1.29 is 33.0 Å². The molecule has 2 N–H and O–H groups in total. The fourth-order valence-corrected chi connectivity index (χ4v) is 5.41. The number of rotatable bonds is 9. The van der Waals surface area contributed by atoms with E-state index >= 15 is 0 Å². The first-order chi connectivity index (χ1) is 16.2. The predicted octanol–water partition coefficient (Wildman–Crippen LogP) is 2.49. The highest BCUT2D eigenvalue weighted by Gasteiger charge is 2.45. The Bertz CT molecular complexity index is 1180. The fourth-order valence-electron chi connectivity index (χ4n) is 3.96. The first-order valence-corrected chi connectivity index (χ1v) is 12.3. The SMILES string of the molecule is CCN(CC)S(=O)(=O)c1ccc(C(O)=C2C(=O)C(=O)N(CCOC)[C@H]2c2ccc(O)cc2)cc1. The van der Waals surface area contributed by atoms with Gasteiger partial charge in [0.05, 0.1) is 23.1 Å². The second-order valence-corrected chi connectivity index (χ2v) is 9.63. The Kier molecular flexibility index (Phi) is 7.75. The van der Waals surface area contributed by atoms with Gasteiger partial charge >= 0.3 is 0 Å². The van der Waals surface area contributed by atoms with Crippen LogP contribution in [-0.2, 0) is 24.3 Å². The standard InChI is InChI=1S/C24H28N2O7S/c1-4-25(5-2)34(31,32)19-12-8-17(9-13-19)22(28)20-21(16-6-10-18(27)11-7-16)26(14-15-33-3)24(30)23(20)29/h6-13,21,27-28H,4-5,14-15H2,1-3H3/t21-/m0/s1. The molecule has 9 nitrogen and oxygen atoms in total. The molecule has 1 heterocycles. The number of likely N-dealkylation sites (tertiary alicyclic amines) is 1. The number of amides is 1. The molecule has 2 aromatic carbocycles. The lowest BCUT2D eigenvalue weighted by molar-refractivity contribution is -0.140. The van der Waals surface area contributed by atoms with E-state index in [2.05, 4.69) is 0 Å². The highest BCUT2D eigenvalue weighted by molar-refractivity contribution is 7.89. The molecule has 0 saturated carbocycles. The number of sulfonamides is 1. The van der Waals surface area contributed by atoms with Crippen LogP contribution in [0.1, 0.15) is 31.0 Å². The minimum Gasteiger partial charge on any atom is -0.508 e. The fraction of sp³-hybridized carbons (Fsp3) is 0.333. The van der Waals surface area contributed by atoms with Crippen molar-refractivity contribution in [3.05, 3.63) is 65.2 Å². The lowest BCUT2D eigenvalue weighted by Crippen LogP contribution is -2.32. The van der Waals surface area contributed by atoms with Gasteiger partial charge in [-0.15, -0.1) is 0 Å². The summed E-state index contributed by atoms with van der Waals surface area (Å²) in [5.74, 6) is -2.03. The number of ketones is 1. The second kappa shape index (κ2) is 10.4. The molecule has 1 saturated heterocycles. The lowest BCUT2D eigenvalue weighted by atomic mass is 9.95. The Morgan fingerprint density at radius 2 is 1.62 bits per heavy atom. The maximum Gasteiger partial charge on any atom is 0.295 e. The van der Waals surface area contributed by atoms with E-state index in [4.69, 9.17) is 4.74 Å². The first-order valence-electron chi connectivity index (χ1n) is 10.8. The number of aromatic hydroxyl groups is 1. The van der Waals surface area contributed by atoms with Gasteiger partial charge in [-0.1, -0.05) is 26.0 Å². The number of benzene rings is 2. The molecule has 34 heavy (non-hydrogen) atoms. The average molecular weight is 489 g/mol. The van der Waals surface area contributed by atoms with Crippen LogP contribution in [0, 0.1) is 0 Å². The number of nitrogens with zero attached hydrogens (tertiary/aromatic N) is 2. The molecule has 182 valence electrons. The van der Waals surface area contributed by atoms with Crippen LogP contribution in [0.5, 0.6) is 5.75 Å². The molecule has 1 amide bonds.